The normalized spacial score (nSPS) is 17.5. The summed E-state index contributed by atoms with van der Waals surface area (Å²) in [7, 11) is 0. The first-order chi connectivity index (χ1) is 15.5. The van der Waals surface area contributed by atoms with E-state index in [1.54, 1.807) is 14.4 Å². The average molecular weight is 508 g/mol. The van der Waals surface area contributed by atoms with Crippen LogP contribution in [0.1, 0.15) is 36.4 Å². The van der Waals surface area contributed by atoms with Crippen molar-refractivity contribution in [3.63, 3.8) is 0 Å². The molecule has 0 bridgehead atoms. The number of hydrogen-bond acceptors (Lipinski definition) is 0. The van der Waals surface area contributed by atoms with E-state index in [-0.39, 0.29) is 0 Å². The Bertz CT molecular complexity index is 1420. The van der Waals surface area contributed by atoms with Crippen LogP contribution in [0.3, 0.4) is 0 Å². The van der Waals surface area contributed by atoms with Gasteiger partial charge in [-0.25, -0.2) is 0 Å². The zero-order chi connectivity index (χ0) is 21.9. The van der Waals surface area contributed by atoms with Gasteiger partial charge in [-0.15, -0.1) is 0 Å². The van der Waals surface area contributed by atoms with Crippen LogP contribution in [0.4, 0.5) is 0 Å². The second kappa shape index (κ2) is 7.11. The molecule has 0 saturated carbocycles. The molecule has 0 spiro atoms. The van der Waals surface area contributed by atoms with E-state index in [1.165, 1.54) is 27.8 Å². The molecule has 2 aliphatic rings. The van der Waals surface area contributed by atoms with E-state index in [2.05, 4.69) is 128 Å². The van der Waals surface area contributed by atoms with Gasteiger partial charge in [0.15, 0.2) is 0 Å². The van der Waals surface area contributed by atoms with E-state index in [0.29, 0.717) is 7.25 Å². The molecular weight excluding hydrogens is 480 g/mol. The Morgan fingerprint density at radius 1 is 0.594 bits per heavy atom. The van der Waals surface area contributed by atoms with Crippen molar-refractivity contribution in [3.05, 3.63) is 131 Å². The number of hydrogen-bond donors (Lipinski definition) is 0. The van der Waals surface area contributed by atoms with E-state index in [1.807, 2.05) is 0 Å². The molecule has 1 atom stereocenters. The van der Waals surface area contributed by atoms with Crippen molar-refractivity contribution in [3.8, 4) is 11.1 Å². The first-order valence-electron chi connectivity index (χ1n) is 11.6. The van der Waals surface area contributed by atoms with Gasteiger partial charge in [-0.3, -0.25) is 0 Å². The summed E-state index contributed by atoms with van der Waals surface area (Å²) in [5, 5.41) is 0. The minimum absolute atomic E-state index is 0.462. The Morgan fingerprint density at radius 3 is 1.72 bits per heavy atom. The van der Waals surface area contributed by atoms with Gasteiger partial charge in [0.25, 0.3) is 0 Å². The van der Waals surface area contributed by atoms with Gasteiger partial charge in [0.2, 0.25) is 0 Å². The molecule has 32 heavy (non-hydrogen) atoms. The molecule has 0 radical (unpaired) electrons. The summed E-state index contributed by atoms with van der Waals surface area (Å²) in [6.07, 6.45) is 2.46. The topological polar surface area (TPSA) is 0 Å². The van der Waals surface area contributed by atoms with Crippen LogP contribution in [0.25, 0.3) is 17.2 Å². The van der Waals surface area contributed by atoms with Crippen LogP contribution in [0.2, 0.25) is 4.63 Å². The summed E-state index contributed by atoms with van der Waals surface area (Å²) in [6.45, 7) is 4.80. The van der Waals surface area contributed by atoms with Gasteiger partial charge < -0.3 is 0 Å². The standard InChI is InChI=1S/C13H9.C10H9.C6H5.CH3.H2Si.Zr/c1-3-7-12-10(5-1)9-11-6-2-4-8-13(11)12;1-8-6-9-4-2-3-5-10(9)7-8;1-2-4-6-5-3-1;;;/h1-9H;2-7H,1H3;1-5H;1H3;1H2;. The summed E-state index contributed by atoms with van der Waals surface area (Å²) in [5.41, 5.74) is 10.4. The van der Waals surface area contributed by atoms with Crippen LogP contribution in [-0.2, 0) is 17.4 Å². The Balaban J connectivity index is 1.74. The van der Waals surface area contributed by atoms with Gasteiger partial charge in [0.1, 0.15) is 0 Å². The maximum atomic E-state index is 2.74. The number of allylic oxidation sites excluding steroid dienone is 1. The van der Waals surface area contributed by atoms with E-state index in [9.17, 15) is 0 Å². The molecule has 0 heterocycles. The van der Waals surface area contributed by atoms with E-state index in [0.717, 1.165) is 0 Å². The SMILES string of the molecule is CC1=Cc2ccccc2[CH]1[Zr]([CH3])(=[SiH2])([c]1ccccc1)[CH]1c2ccccc2-c2ccccc21. The third-order valence-electron chi connectivity index (χ3n) is 8.19. The van der Waals surface area contributed by atoms with Gasteiger partial charge in [0.05, 0.1) is 0 Å². The molecule has 2 aliphatic carbocycles. The van der Waals surface area contributed by atoms with Crippen LogP contribution >= 0.6 is 0 Å². The summed E-state index contributed by atoms with van der Waals surface area (Å²) in [5.74, 6) is 0. The minimum atomic E-state index is -3.87. The van der Waals surface area contributed by atoms with Gasteiger partial charge >= 0.3 is 195 Å². The average Bonchev–Trinajstić information content (AvgIpc) is 3.35. The van der Waals surface area contributed by atoms with Crippen LogP contribution in [0.15, 0.2) is 109 Å². The Labute approximate surface area is 193 Å². The van der Waals surface area contributed by atoms with E-state index >= 15 is 0 Å². The van der Waals surface area contributed by atoms with Crippen molar-refractivity contribution in [2.75, 3.05) is 0 Å². The van der Waals surface area contributed by atoms with Crippen LogP contribution in [0.5, 0.6) is 0 Å². The number of rotatable bonds is 3. The fourth-order valence-corrected chi connectivity index (χ4v) is 31.1. The Morgan fingerprint density at radius 2 is 1.09 bits per heavy atom. The molecule has 0 fully saturated rings. The zero-order valence-corrected chi connectivity index (χ0v) is 22.6. The number of benzene rings is 4. The molecule has 0 aliphatic heterocycles. The van der Waals surface area contributed by atoms with Crippen LogP contribution in [0, 0.1) is 0 Å². The molecule has 0 amide bonds. The molecular formula is C30H28SiZr. The fraction of sp³-hybridized carbons (Fsp3) is 0.133. The molecule has 0 saturated heterocycles. The zero-order valence-electron chi connectivity index (χ0n) is 18.8. The molecule has 4 aromatic carbocycles. The van der Waals surface area contributed by atoms with Crippen molar-refractivity contribution in [2.45, 2.75) is 18.8 Å². The third-order valence-corrected chi connectivity index (χ3v) is 31.6. The van der Waals surface area contributed by atoms with E-state index < -0.39 is 17.4 Å². The first kappa shape index (κ1) is 20.3. The number of fused-ring (bicyclic) bond motifs is 4. The monoisotopic (exact) mass is 506 g/mol. The fourth-order valence-electron chi connectivity index (χ4n) is 6.98. The summed E-state index contributed by atoms with van der Waals surface area (Å²) < 4.78 is 5.31. The summed E-state index contributed by atoms with van der Waals surface area (Å²) >= 11 is -3.87. The van der Waals surface area contributed by atoms with Crippen molar-refractivity contribution in [2.24, 2.45) is 0 Å². The molecule has 156 valence electrons. The third kappa shape index (κ3) is 2.63. The van der Waals surface area contributed by atoms with Gasteiger partial charge in [-0.2, -0.15) is 0 Å². The summed E-state index contributed by atoms with van der Waals surface area (Å²) in [6, 6.07) is 39.1. The molecule has 6 rings (SSSR count). The van der Waals surface area contributed by atoms with Crippen molar-refractivity contribution in [1.82, 2.24) is 0 Å². The van der Waals surface area contributed by atoms with Gasteiger partial charge in [0, 0.05) is 0 Å². The molecule has 2 heteroatoms. The molecule has 0 aromatic heterocycles. The maximum absolute atomic E-state index is 3.87. The van der Waals surface area contributed by atoms with Crippen molar-refractivity contribution < 1.29 is 17.4 Å². The van der Waals surface area contributed by atoms with Crippen LogP contribution < -0.4 is 3.27 Å². The van der Waals surface area contributed by atoms with Gasteiger partial charge in [-0.05, 0) is 0 Å². The second-order valence-electron chi connectivity index (χ2n) is 10.1. The van der Waals surface area contributed by atoms with Crippen molar-refractivity contribution in [1.29, 1.82) is 0 Å². The van der Waals surface area contributed by atoms with Crippen LogP contribution in [-0.4, -0.2) is 6.88 Å². The molecule has 4 aromatic rings. The first-order valence-corrected chi connectivity index (χ1v) is 24.0. The quantitative estimate of drug-likeness (QED) is 0.277. The summed E-state index contributed by atoms with van der Waals surface area (Å²) in [4.78, 5) is 0. The second-order valence-corrected chi connectivity index (χ2v) is 36.4. The van der Waals surface area contributed by atoms with Crippen molar-refractivity contribution >= 4 is 16.2 Å². The Hall–Kier alpha value is -2.28. The van der Waals surface area contributed by atoms with Gasteiger partial charge in [-0.1, -0.05) is 0 Å². The van der Waals surface area contributed by atoms with E-state index in [4.69, 9.17) is 0 Å². The molecule has 1 unspecified atom stereocenters. The molecule has 0 nitrogen and oxygen atoms in total. The predicted molar refractivity (Wildman–Crippen MR) is 137 cm³/mol. The predicted octanol–water partition coefficient (Wildman–Crippen LogP) is 6.53. The Kier molecular flexibility index (Phi) is 4.52. The molecule has 0 N–H and O–H groups in total.